The van der Waals surface area contributed by atoms with E-state index in [1.54, 1.807) is 12.4 Å². The molecule has 3 aromatic heterocycles. The lowest BCUT2D eigenvalue weighted by molar-refractivity contribution is 0.636. The van der Waals surface area contributed by atoms with E-state index in [0.717, 1.165) is 61.9 Å². The summed E-state index contributed by atoms with van der Waals surface area (Å²) in [5.41, 5.74) is 4.52. The summed E-state index contributed by atoms with van der Waals surface area (Å²) in [5.74, 6) is 1.69. The van der Waals surface area contributed by atoms with E-state index >= 15 is 0 Å². The number of hydrogen-bond donors (Lipinski definition) is 2. The maximum atomic E-state index is 4.84. The first-order valence-corrected chi connectivity index (χ1v) is 9.03. The Kier molecular flexibility index (Phi) is 6.36. The summed E-state index contributed by atoms with van der Waals surface area (Å²) in [6.07, 6.45) is 9.34. The second-order valence-electron chi connectivity index (χ2n) is 6.51. The molecule has 4 rings (SSSR count). The lowest BCUT2D eigenvalue weighted by atomic mass is 10.1. The van der Waals surface area contributed by atoms with Crippen LogP contribution in [0.25, 0.3) is 11.4 Å². The number of nitrogens with one attached hydrogen (secondary N) is 2. The van der Waals surface area contributed by atoms with E-state index in [1.165, 1.54) is 11.1 Å². The number of aromatic nitrogens is 5. The summed E-state index contributed by atoms with van der Waals surface area (Å²) in [6.45, 7) is 5.53. The van der Waals surface area contributed by atoms with Crippen molar-refractivity contribution in [1.29, 1.82) is 0 Å². The number of fused-ring (bicyclic) bond motifs is 1. The SMILES string of the molecule is Cc1cnn(CCNc2nc(-c3ccncc3)nc3c2CCNCC3)c1.Cl. The summed E-state index contributed by atoms with van der Waals surface area (Å²) in [7, 11) is 0. The fourth-order valence-electron chi connectivity index (χ4n) is 3.20. The third-order valence-corrected chi connectivity index (χ3v) is 4.52. The van der Waals surface area contributed by atoms with Crippen LogP contribution < -0.4 is 10.6 Å². The molecule has 3 aromatic rings. The highest BCUT2D eigenvalue weighted by Crippen LogP contribution is 2.24. The second kappa shape index (κ2) is 8.92. The first-order valence-electron chi connectivity index (χ1n) is 9.03. The molecule has 0 unspecified atom stereocenters. The predicted molar refractivity (Wildman–Crippen MR) is 108 cm³/mol. The van der Waals surface area contributed by atoms with Gasteiger partial charge in [-0.05, 0) is 37.6 Å². The zero-order chi connectivity index (χ0) is 17.8. The van der Waals surface area contributed by atoms with Crippen LogP contribution in [0.4, 0.5) is 5.82 Å². The summed E-state index contributed by atoms with van der Waals surface area (Å²) in [6, 6.07) is 3.90. The molecular formula is C19H24ClN7. The van der Waals surface area contributed by atoms with Crippen LogP contribution in [-0.4, -0.2) is 44.4 Å². The van der Waals surface area contributed by atoms with Gasteiger partial charge < -0.3 is 10.6 Å². The van der Waals surface area contributed by atoms with Crippen molar-refractivity contribution in [2.24, 2.45) is 0 Å². The predicted octanol–water partition coefficient (Wildman–Crippen LogP) is 2.27. The molecule has 27 heavy (non-hydrogen) atoms. The number of aryl methyl sites for hydroxylation is 1. The van der Waals surface area contributed by atoms with Gasteiger partial charge in [-0.3, -0.25) is 9.67 Å². The number of pyridine rings is 1. The van der Waals surface area contributed by atoms with Crippen LogP contribution in [-0.2, 0) is 19.4 Å². The summed E-state index contributed by atoms with van der Waals surface area (Å²) in [4.78, 5) is 13.8. The van der Waals surface area contributed by atoms with E-state index in [-0.39, 0.29) is 12.4 Å². The van der Waals surface area contributed by atoms with Crippen LogP contribution in [0.3, 0.4) is 0 Å². The van der Waals surface area contributed by atoms with E-state index in [9.17, 15) is 0 Å². The molecule has 2 N–H and O–H groups in total. The third-order valence-electron chi connectivity index (χ3n) is 4.52. The monoisotopic (exact) mass is 385 g/mol. The molecule has 0 spiro atoms. The Balaban J connectivity index is 0.00000210. The van der Waals surface area contributed by atoms with Crippen molar-refractivity contribution >= 4 is 18.2 Å². The molecule has 0 fully saturated rings. The molecule has 0 radical (unpaired) electrons. The Morgan fingerprint density at radius 2 is 1.96 bits per heavy atom. The van der Waals surface area contributed by atoms with Crippen molar-refractivity contribution in [2.75, 3.05) is 25.0 Å². The fourth-order valence-corrected chi connectivity index (χ4v) is 3.20. The first-order chi connectivity index (χ1) is 12.8. The summed E-state index contributed by atoms with van der Waals surface area (Å²) < 4.78 is 1.95. The Morgan fingerprint density at radius 1 is 1.15 bits per heavy atom. The van der Waals surface area contributed by atoms with Gasteiger partial charge in [0.05, 0.1) is 18.4 Å². The van der Waals surface area contributed by atoms with Gasteiger partial charge in [0.25, 0.3) is 0 Å². The van der Waals surface area contributed by atoms with E-state index in [0.29, 0.717) is 0 Å². The topological polar surface area (TPSA) is 80.6 Å². The van der Waals surface area contributed by atoms with Crippen molar-refractivity contribution in [3.63, 3.8) is 0 Å². The van der Waals surface area contributed by atoms with Crippen molar-refractivity contribution < 1.29 is 0 Å². The zero-order valence-electron chi connectivity index (χ0n) is 15.4. The minimum atomic E-state index is 0. The largest absolute Gasteiger partial charge is 0.368 e. The van der Waals surface area contributed by atoms with Crippen LogP contribution in [0, 0.1) is 6.92 Å². The highest BCUT2D eigenvalue weighted by atomic mass is 35.5. The molecule has 0 atom stereocenters. The molecule has 4 heterocycles. The van der Waals surface area contributed by atoms with Gasteiger partial charge in [0.1, 0.15) is 5.82 Å². The van der Waals surface area contributed by atoms with Crippen LogP contribution in [0.5, 0.6) is 0 Å². The Bertz CT molecular complexity index is 879. The van der Waals surface area contributed by atoms with Crippen LogP contribution in [0.2, 0.25) is 0 Å². The quantitative estimate of drug-likeness (QED) is 0.701. The number of hydrogen-bond acceptors (Lipinski definition) is 6. The number of halogens is 1. The lowest BCUT2D eigenvalue weighted by Crippen LogP contribution is -2.16. The van der Waals surface area contributed by atoms with Gasteiger partial charge in [0.15, 0.2) is 5.82 Å². The molecule has 7 nitrogen and oxygen atoms in total. The molecule has 0 saturated heterocycles. The minimum Gasteiger partial charge on any atom is -0.368 e. The van der Waals surface area contributed by atoms with E-state index in [1.807, 2.05) is 23.0 Å². The van der Waals surface area contributed by atoms with Crippen molar-refractivity contribution in [3.8, 4) is 11.4 Å². The smallest absolute Gasteiger partial charge is 0.161 e. The molecule has 0 saturated carbocycles. The van der Waals surface area contributed by atoms with Gasteiger partial charge in [-0.2, -0.15) is 5.10 Å². The highest BCUT2D eigenvalue weighted by molar-refractivity contribution is 5.85. The molecule has 1 aliphatic rings. The van der Waals surface area contributed by atoms with Gasteiger partial charge in [-0.15, -0.1) is 12.4 Å². The molecule has 8 heteroatoms. The number of anilines is 1. The Labute approximate surface area is 165 Å². The molecule has 1 aliphatic heterocycles. The lowest BCUT2D eigenvalue weighted by Gasteiger charge is -2.15. The molecule has 142 valence electrons. The van der Waals surface area contributed by atoms with Crippen LogP contribution >= 0.6 is 12.4 Å². The molecule has 0 aromatic carbocycles. The number of rotatable bonds is 5. The van der Waals surface area contributed by atoms with Crippen molar-refractivity contribution in [3.05, 3.63) is 53.7 Å². The van der Waals surface area contributed by atoms with Gasteiger partial charge >= 0.3 is 0 Å². The third kappa shape index (κ3) is 4.61. The molecular weight excluding hydrogens is 362 g/mol. The highest BCUT2D eigenvalue weighted by Gasteiger charge is 2.17. The number of nitrogens with zero attached hydrogens (tertiary/aromatic N) is 5. The van der Waals surface area contributed by atoms with E-state index in [4.69, 9.17) is 9.97 Å². The van der Waals surface area contributed by atoms with Gasteiger partial charge in [-0.1, -0.05) is 0 Å². The summed E-state index contributed by atoms with van der Waals surface area (Å²) in [5, 5.41) is 11.3. The Hall–Kier alpha value is -2.51. The van der Waals surface area contributed by atoms with Crippen molar-refractivity contribution in [1.82, 2.24) is 30.0 Å². The molecule has 0 bridgehead atoms. The normalized spacial score (nSPS) is 13.4. The maximum Gasteiger partial charge on any atom is 0.161 e. The standard InChI is InChI=1S/C19H23N7.ClH/c1-14-12-23-26(13-14)11-10-22-19-16-4-8-21-9-5-17(16)24-18(25-19)15-2-6-20-7-3-15;/h2-3,6-7,12-13,21H,4-5,8-11H2,1H3,(H,22,24,25);1H. The first kappa shape index (κ1) is 19.3. The second-order valence-corrected chi connectivity index (χ2v) is 6.51. The van der Waals surface area contributed by atoms with Crippen LogP contribution in [0.15, 0.2) is 36.9 Å². The van der Waals surface area contributed by atoms with Crippen molar-refractivity contribution in [2.45, 2.75) is 26.3 Å². The van der Waals surface area contributed by atoms with E-state index in [2.05, 4.69) is 33.8 Å². The van der Waals surface area contributed by atoms with E-state index < -0.39 is 0 Å². The Morgan fingerprint density at radius 3 is 2.74 bits per heavy atom. The van der Waals surface area contributed by atoms with Crippen LogP contribution in [0.1, 0.15) is 16.8 Å². The average molecular weight is 386 g/mol. The maximum absolute atomic E-state index is 4.84. The molecule has 0 aliphatic carbocycles. The minimum absolute atomic E-state index is 0. The molecule has 0 amide bonds. The average Bonchev–Trinajstić information content (AvgIpc) is 2.93. The van der Waals surface area contributed by atoms with Gasteiger partial charge in [0.2, 0.25) is 0 Å². The van der Waals surface area contributed by atoms with Gasteiger partial charge in [0, 0.05) is 49.2 Å². The zero-order valence-corrected chi connectivity index (χ0v) is 16.2. The van der Waals surface area contributed by atoms with Gasteiger partial charge in [-0.25, -0.2) is 9.97 Å². The summed E-state index contributed by atoms with van der Waals surface area (Å²) >= 11 is 0. The fraction of sp³-hybridized carbons (Fsp3) is 0.368.